The number of fused-ring (bicyclic) bond motifs is 4. The fourth-order valence-electron chi connectivity index (χ4n) is 4.23. The fraction of sp³-hybridized carbons (Fsp3) is 0.0370. The summed E-state index contributed by atoms with van der Waals surface area (Å²) in [5.74, 6) is 0.392. The van der Waals surface area contributed by atoms with Crippen LogP contribution in [0.4, 0.5) is 5.69 Å². The molecule has 0 fully saturated rings. The molecule has 0 radical (unpaired) electrons. The van der Waals surface area contributed by atoms with E-state index < -0.39 is 0 Å². The van der Waals surface area contributed by atoms with Gasteiger partial charge in [0.15, 0.2) is 5.16 Å². The molecule has 170 valence electrons. The predicted octanol–water partition coefficient (Wildman–Crippen LogP) is 4.92. The van der Waals surface area contributed by atoms with Gasteiger partial charge >= 0.3 is 0 Å². The molecule has 6 rings (SSSR count). The molecule has 8 heteroatoms. The highest BCUT2D eigenvalue weighted by Gasteiger charge is 2.18. The molecule has 1 N–H and O–H groups in total. The number of amides is 1. The molecule has 0 saturated carbocycles. The standard InChI is InChI=1S/C27H19N5O2S/c33-24(28-22-15-8-10-18-9-4-5-13-20(18)22)17-35-27-30-29-26-31(19-11-2-1-3-12-19)25(34)21-14-6-7-16-23(21)32(26)27/h1-16H,17H2,(H,28,33). The summed E-state index contributed by atoms with van der Waals surface area (Å²) in [4.78, 5) is 26.2. The van der Waals surface area contributed by atoms with Crippen LogP contribution in [0.25, 0.3) is 33.1 Å². The lowest BCUT2D eigenvalue weighted by molar-refractivity contribution is -0.113. The minimum atomic E-state index is -0.169. The van der Waals surface area contributed by atoms with E-state index in [4.69, 9.17) is 0 Å². The number of aromatic nitrogens is 4. The van der Waals surface area contributed by atoms with Gasteiger partial charge < -0.3 is 5.32 Å². The molecule has 0 atom stereocenters. The van der Waals surface area contributed by atoms with Crippen LogP contribution in [0.1, 0.15) is 0 Å². The number of anilines is 1. The van der Waals surface area contributed by atoms with Crippen molar-refractivity contribution in [3.63, 3.8) is 0 Å². The van der Waals surface area contributed by atoms with Gasteiger partial charge in [-0.15, -0.1) is 10.2 Å². The maximum absolute atomic E-state index is 13.3. The second kappa shape index (κ2) is 8.73. The molecule has 2 aromatic heterocycles. The van der Waals surface area contributed by atoms with Gasteiger partial charge in [0, 0.05) is 11.1 Å². The van der Waals surface area contributed by atoms with Gasteiger partial charge in [-0.2, -0.15) is 0 Å². The molecule has 0 bridgehead atoms. The summed E-state index contributed by atoms with van der Waals surface area (Å²) in [6.45, 7) is 0. The topological polar surface area (TPSA) is 81.3 Å². The maximum atomic E-state index is 13.3. The maximum Gasteiger partial charge on any atom is 0.267 e. The van der Waals surface area contributed by atoms with Gasteiger partial charge in [0.25, 0.3) is 5.56 Å². The lowest BCUT2D eigenvalue weighted by Gasteiger charge is -2.11. The lowest BCUT2D eigenvalue weighted by atomic mass is 10.1. The van der Waals surface area contributed by atoms with E-state index in [-0.39, 0.29) is 17.2 Å². The molecule has 2 heterocycles. The zero-order valence-electron chi connectivity index (χ0n) is 18.5. The van der Waals surface area contributed by atoms with E-state index in [1.165, 1.54) is 11.8 Å². The first-order valence-electron chi connectivity index (χ1n) is 11.1. The SMILES string of the molecule is O=C(CSc1nnc2n(-c3ccccc3)c(=O)c3ccccc3n12)Nc1cccc2ccccc12. The van der Waals surface area contributed by atoms with Gasteiger partial charge in [-0.05, 0) is 35.7 Å². The van der Waals surface area contributed by atoms with E-state index in [2.05, 4.69) is 15.5 Å². The number of rotatable bonds is 5. The molecule has 0 unspecified atom stereocenters. The smallest absolute Gasteiger partial charge is 0.267 e. The monoisotopic (exact) mass is 477 g/mol. The number of carbonyl (C=O) groups excluding carboxylic acids is 1. The van der Waals surface area contributed by atoms with E-state index in [0.29, 0.717) is 27.5 Å². The summed E-state index contributed by atoms with van der Waals surface area (Å²) in [6, 6.07) is 30.5. The third kappa shape index (κ3) is 3.74. The lowest BCUT2D eigenvalue weighted by Crippen LogP contribution is -2.21. The van der Waals surface area contributed by atoms with Gasteiger partial charge in [0.05, 0.1) is 22.3 Å². The number of nitrogens with one attached hydrogen (secondary N) is 1. The zero-order chi connectivity index (χ0) is 23.8. The Balaban J connectivity index is 1.37. The number of hydrogen-bond donors (Lipinski definition) is 1. The second-order valence-electron chi connectivity index (χ2n) is 7.97. The van der Waals surface area contributed by atoms with Crippen molar-refractivity contribution in [3.05, 3.63) is 107 Å². The van der Waals surface area contributed by atoms with Crippen molar-refractivity contribution in [2.75, 3.05) is 11.1 Å². The normalized spacial score (nSPS) is 11.3. The van der Waals surface area contributed by atoms with Crippen LogP contribution in [0.15, 0.2) is 107 Å². The van der Waals surface area contributed by atoms with Crippen LogP contribution in [-0.4, -0.2) is 30.8 Å². The quantitative estimate of drug-likeness (QED) is 0.357. The van der Waals surface area contributed by atoms with Gasteiger partial charge in [0.2, 0.25) is 11.7 Å². The summed E-state index contributed by atoms with van der Waals surface area (Å²) >= 11 is 1.28. The minimum Gasteiger partial charge on any atom is -0.325 e. The van der Waals surface area contributed by atoms with Crippen LogP contribution >= 0.6 is 11.8 Å². The number of benzene rings is 4. The highest BCUT2D eigenvalue weighted by atomic mass is 32.2. The van der Waals surface area contributed by atoms with Crippen LogP contribution in [-0.2, 0) is 4.79 Å². The Kier molecular flexibility index (Phi) is 5.27. The molecule has 0 spiro atoms. The fourth-order valence-corrected chi connectivity index (χ4v) is 4.97. The molecule has 0 aliphatic carbocycles. The Morgan fingerprint density at radius 2 is 1.51 bits per heavy atom. The summed E-state index contributed by atoms with van der Waals surface area (Å²) < 4.78 is 3.38. The first-order valence-corrected chi connectivity index (χ1v) is 12.0. The van der Waals surface area contributed by atoms with Gasteiger partial charge in [-0.1, -0.05) is 78.5 Å². The molecular weight excluding hydrogens is 458 g/mol. The molecule has 7 nitrogen and oxygen atoms in total. The van der Waals surface area contributed by atoms with E-state index in [1.54, 1.807) is 10.6 Å². The Labute approximate surface area is 204 Å². The minimum absolute atomic E-state index is 0.142. The zero-order valence-corrected chi connectivity index (χ0v) is 19.3. The van der Waals surface area contributed by atoms with E-state index in [0.717, 1.165) is 16.5 Å². The molecule has 35 heavy (non-hydrogen) atoms. The first-order chi connectivity index (χ1) is 17.2. The molecule has 4 aromatic carbocycles. The van der Waals surface area contributed by atoms with Crippen LogP contribution in [0.2, 0.25) is 0 Å². The summed E-state index contributed by atoms with van der Waals surface area (Å²) in [5.41, 5.74) is 1.99. The number of thioether (sulfide) groups is 1. The Morgan fingerprint density at radius 3 is 2.37 bits per heavy atom. The molecular formula is C27H19N5O2S. The highest BCUT2D eigenvalue weighted by molar-refractivity contribution is 7.99. The van der Waals surface area contributed by atoms with Gasteiger partial charge in [0.1, 0.15) is 0 Å². The van der Waals surface area contributed by atoms with Crippen molar-refractivity contribution in [3.8, 4) is 5.69 Å². The average Bonchev–Trinajstić information content (AvgIpc) is 3.32. The summed E-state index contributed by atoms with van der Waals surface area (Å²) in [7, 11) is 0. The van der Waals surface area contributed by atoms with Crippen molar-refractivity contribution < 1.29 is 4.79 Å². The van der Waals surface area contributed by atoms with Gasteiger partial charge in [-0.3, -0.25) is 14.0 Å². The predicted molar refractivity (Wildman–Crippen MR) is 139 cm³/mol. The molecule has 0 saturated heterocycles. The Hall–Kier alpha value is -4.43. The van der Waals surface area contributed by atoms with Crippen LogP contribution in [0.3, 0.4) is 0 Å². The average molecular weight is 478 g/mol. The third-order valence-electron chi connectivity index (χ3n) is 5.81. The number of para-hydroxylation sites is 2. The number of nitrogens with zero attached hydrogens (tertiary/aromatic N) is 4. The molecule has 0 aliphatic heterocycles. The third-order valence-corrected chi connectivity index (χ3v) is 6.73. The van der Waals surface area contributed by atoms with Crippen molar-refractivity contribution >= 4 is 50.8 Å². The molecule has 0 aliphatic rings. The van der Waals surface area contributed by atoms with Gasteiger partial charge in [-0.25, -0.2) is 4.57 Å². The second-order valence-corrected chi connectivity index (χ2v) is 8.92. The summed E-state index contributed by atoms with van der Waals surface area (Å²) in [6.07, 6.45) is 0. The highest BCUT2D eigenvalue weighted by Crippen LogP contribution is 2.25. The van der Waals surface area contributed by atoms with E-state index in [1.807, 2.05) is 95.4 Å². The summed E-state index contributed by atoms with van der Waals surface area (Å²) in [5, 5.41) is 14.8. The van der Waals surface area contributed by atoms with Crippen molar-refractivity contribution in [1.82, 2.24) is 19.2 Å². The first kappa shape index (κ1) is 21.1. The number of carbonyl (C=O) groups is 1. The van der Waals surface area contributed by atoms with Crippen LogP contribution < -0.4 is 10.9 Å². The van der Waals surface area contributed by atoms with E-state index >= 15 is 0 Å². The molecule has 1 amide bonds. The van der Waals surface area contributed by atoms with Crippen molar-refractivity contribution in [1.29, 1.82) is 0 Å². The van der Waals surface area contributed by atoms with E-state index in [9.17, 15) is 9.59 Å². The molecule has 6 aromatic rings. The Morgan fingerprint density at radius 1 is 0.800 bits per heavy atom. The Bertz CT molecular complexity index is 1770. The van der Waals surface area contributed by atoms with Crippen LogP contribution in [0.5, 0.6) is 0 Å². The van der Waals surface area contributed by atoms with Crippen molar-refractivity contribution in [2.45, 2.75) is 5.16 Å². The van der Waals surface area contributed by atoms with Crippen LogP contribution in [0, 0.1) is 0 Å². The number of hydrogen-bond acceptors (Lipinski definition) is 5. The van der Waals surface area contributed by atoms with Crippen molar-refractivity contribution in [2.24, 2.45) is 0 Å². The largest absolute Gasteiger partial charge is 0.325 e.